The van der Waals surface area contributed by atoms with Crippen molar-refractivity contribution < 1.29 is 19.1 Å². The third-order valence-electron chi connectivity index (χ3n) is 9.60. The van der Waals surface area contributed by atoms with Crippen molar-refractivity contribution in [2.24, 2.45) is 59.2 Å². The lowest BCUT2D eigenvalue weighted by Crippen LogP contribution is -2.41. The predicted molar refractivity (Wildman–Crippen MR) is 93.7 cm³/mol. The van der Waals surface area contributed by atoms with Crippen LogP contribution in [-0.2, 0) is 19.1 Å². The summed E-state index contributed by atoms with van der Waals surface area (Å²) in [6.07, 6.45) is 9.95. The van der Waals surface area contributed by atoms with E-state index in [1.807, 2.05) is 0 Å². The molecule has 0 spiro atoms. The van der Waals surface area contributed by atoms with Crippen molar-refractivity contribution in [3.8, 4) is 0 Å². The maximum atomic E-state index is 13.1. The van der Waals surface area contributed by atoms with Crippen molar-refractivity contribution in [3.05, 3.63) is 0 Å². The van der Waals surface area contributed by atoms with Crippen molar-refractivity contribution in [1.29, 1.82) is 0 Å². The Morgan fingerprint density at radius 1 is 0.692 bits per heavy atom. The minimum atomic E-state index is -0.250. The van der Waals surface area contributed by atoms with E-state index in [-0.39, 0.29) is 29.9 Å². The summed E-state index contributed by atoms with van der Waals surface area (Å²) in [5, 5.41) is 0. The maximum absolute atomic E-state index is 13.1. The van der Waals surface area contributed by atoms with Crippen LogP contribution in [0, 0.1) is 59.2 Å². The van der Waals surface area contributed by atoms with Crippen molar-refractivity contribution in [2.45, 2.75) is 57.5 Å². The normalized spacial score (nSPS) is 55.3. The molecule has 6 aliphatic rings. The van der Waals surface area contributed by atoms with E-state index in [0.717, 1.165) is 55.3 Å². The number of esters is 2. The number of carbonyl (C=O) groups is 2. The lowest BCUT2D eigenvalue weighted by atomic mass is 9.70. The summed E-state index contributed by atoms with van der Waals surface area (Å²) in [4.78, 5) is 25.4. The Balaban J connectivity index is 1.18. The summed E-state index contributed by atoms with van der Waals surface area (Å²) < 4.78 is 11.2. The highest BCUT2D eigenvalue weighted by atomic mass is 16.5. The fourth-order valence-electron chi connectivity index (χ4n) is 8.97. The van der Waals surface area contributed by atoms with Gasteiger partial charge in [0, 0.05) is 0 Å². The smallest absolute Gasteiger partial charge is 0.310 e. The summed E-state index contributed by atoms with van der Waals surface area (Å²) in [7, 11) is 1.45. The molecule has 6 rings (SSSR count). The number of rotatable bonds is 3. The SMILES string of the molecule is COC(=O)C1C2CCC(C2)C1C(=O)OC1CC2CC1C1C3CCC(C3)C21. The van der Waals surface area contributed by atoms with Crippen LogP contribution in [0.1, 0.15) is 51.4 Å². The van der Waals surface area contributed by atoms with Gasteiger partial charge in [0.25, 0.3) is 0 Å². The highest BCUT2D eigenvalue weighted by molar-refractivity contribution is 5.83. The van der Waals surface area contributed by atoms with E-state index in [9.17, 15) is 9.59 Å². The Labute approximate surface area is 155 Å². The van der Waals surface area contributed by atoms with Crippen LogP contribution >= 0.6 is 0 Å². The number of carbonyl (C=O) groups excluding carboxylic acids is 2. The maximum Gasteiger partial charge on any atom is 0.310 e. The van der Waals surface area contributed by atoms with Crippen molar-refractivity contribution in [3.63, 3.8) is 0 Å². The second-order valence-corrected chi connectivity index (χ2v) is 10.3. The van der Waals surface area contributed by atoms with E-state index >= 15 is 0 Å². The molecule has 4 heteroatoms. The third-order valence-corrected chi connectivity index (χ3v) is 9.60. The minimum Gasteiger partial charge on any atom is -0.469 e. The van der Waals surface area contributed by atoms with Gasteiger partial charge in [0.05, 0.1) is 18.9 Å². The van der Waals surface area contributed by atoms with Gasteiger partial charge in [0.15, 0.2) is 0 Å². The Morgan fingerprint density at radius 2 is 1.31 bits per heavy atom. The topological polar surface area (TPSA) is 52.6 Å². The van der Waals surface area contributed by atoms with Crippen molar-refractivity contribution in [1.82, 2.24) is 0 Å². The standard InChI is InChI=1S/C22H30O4/c1-25-21(23)19-12-4-5-13(7-12)20(19)22(24)26-16-9-14-8-15(16)18-11-3-2-10(6-11)17(14)18/h10-20H,2-9H2,1H3. The molecule has 0 saturated heterocycles. The van der Waals surface area contributed by atoms with Crippen LogP contribution in [0.15, 0.2) is 0 Å². The summed E-state index contributed by atoms with van der Waals surface area (Å²) in [5.41, 5.74) is 0. The molecular weight excluding hydrogens is 328 g/mol. The zero-order valence-electron chi connectivity index (χ0n) is 15.6. The molecule has 6 fully saturated rings. The van der Waals surface area contributed by atoms with E-state index < -0.39 is 0 Å². The minimum absolute atomic E-state index is 0.0788. The summed E-state index contributed by atoms with van der Waals surface area (Å²) in [6, 6.07) is 0. The molecule has 0 aromatic heterocycles. The first-order valence-electron chi connectivity index (χ1n) is 10.9. The molecular formula is C22H30O4. The second-order valence-electron chi connectivity index (χ2n) is 10.3. The van der Waals surface area contributed by atoms with Gasteiger partial charge in [0.2, 0.25) is 0 Å². The highest BCUT2D eigenvalue weighted by Crippen LogP contribution is 2.68. The van der Waals surface area contributed by atoms with Gasteiger partial charge in [0.1, 0.15) is 6.10 Å². The van der Waals surface area contributed by atoms with E-state index in [1.165, 1.54) is 32.8 Å². The molecule has 11 atom stereocenters. The van der Waals surface area contributed by atoms with Gasteiger partial charge in [-0.1, -0.05) is 0 Å². The molecule has 0 aliphatic heterocycles. The van der Waals surface area contributed by atoms with Crippen LogP contribution in [-0.4, -0.2) is 25.2 Å². The lowest BCUT2D eigenvalue weighted by molar-refractivity contribution is -0.169. The van der Waals surface area contributed by atoms with Gasteiger partial charge >= 0.3 is 11.9 Å². The molecule has 0 heterocycles. The zero-order valence-corrected chi connectivity index (χ0v) is 15.6. The zero-order chi connectivity index (χ0) is 17.6. The molecule has 0 radical (unpaired) electrons. The van der Waals surface area contributed by atoms with Crippen LogP contribution in [0.4, 0.5) is 0 Å². The quantitative estimate of drug-likeness (QED) is 0.573. The summed E-state index contributed by atoms with van der Waals surface area (Å²) in [5.74, 6) is 4.99. The Hall–Kier alpha value is -1.06. The first-order valence-corrected chi connectivity index (χ1v) is 10.9. The number of hydrogen-bond donors (Lipinski definition) is 0. The predicted octanol–water partition coefficient (Wildman–Crippen LogP) is 3.44. The number of fused-ring (bicyclic) bond motifs is 11. The average Bonchev–Trinajstić information content (AvgIpc) is 3.46. The van der Waals surface area contributed by atoms with Gasteiger partial charge in [-0.2, -0.15) is 0 Å². The fraction of sp³-hybridized carbons (Fsp3) is 0.909. The molecule has 0 N–H and O–H groups in total. The van der Waals surface area contributed by atoms with Crippen LogP contribution < -0.4 is 0 Å². The van der Waals surface area contributed by atoms with E-state index in [2.05, 4.69) is 0 Å². The number of ether oxygens (including phenoxy) is 2. The van der Waals surface area contributed by atoms with Gasteiger partial charge in [-0.05, 0) is 98.7 Å². The van der Waals surface area contributed by atoms with E-state index in [4.69, 9.17) is 9.47 Å². The largest absolute Gasteiger partial charge is 0.469 e. The average molecular weight is 358 g/mol. The number of methoxy groups -OCH3 is 1. The molecule has 6 aliphatic carbocycles. The Kier molecular flexibility index (Phi) is 3.36. The van der Waals surface area contributed by atoms with Crippen LogP contribution in [0.2, 0.25) is 0 Å². The molecule has 26 heavy (non-hydrogen) atoms. The molecule has 142 valence electrons. The second kappa shape index (κ2) is 5.48. The molecule has 6 saturated carbocycles. The molecule has 0 aromatic carbocycles. The van der Waals surface area contributed by atoms with Gasteiger partial charge in [-0.15, -0.1) is 0 Å². The molecule has 0 amide bonds. The first-order chi connectivity index (χ1) is 12.7. The summed E-state index contributed by atoms with van der Waals surface area (Å²) >= 11 is 0. The molecule has 0 aromatic rings. The Morgan fingerprint density at radius 3 is 2.04 bits per heavy atom. The Bertz CT molecular complexity index is 644. The van der Waals surface area contributed by atoms with Gasteiger partial charge in [-0.25, -0.2) is 0 Å². The molecule has 4 nitrogen and oxygen atoms in total. The monoisotopic (exact) mass is 358 g/mol. The fourth-order valence-corrected chi connectivity index (χ4v) is 8.97. The third kappa shape index (κ3) is 1.97. The van der Waals surface area contributed by atoms with Gasteiger partial charge in [-0.3, -0.25) is 9.59 Å². The number of hydrogen-bond acceptors (Lipinski definition) is 4. The first kappa shape index (κ1) is 15.9. The van der Waals surface area contributed by atoms with Gasteiger partial charge < -0.3 is 9.47 Å². The van der Waals surface area contributed by atoms with Crippen LogP contribution in [0.5, 0.6) is 0 Å². The molecule has 6 bridgehead atoms. The van der Waals surface area contributed by atoms with Crippen molar-refractivity contribution in [2.75, 3.05) is 7.11 Å². The van der Waals surface area contributed by atoms with Crippen LogP contribution in [0.25, 0.3) is 0 Å². The van der Waals surface area contributed by atoms with Crippen LogP contribution in [0.3, 0.4) is 0 Å². The van der Waals surface area contributed by atoms with E-state index in [1.54, 1.807) is 0 Å². The highest BCUT2D eigenvalue weighted by Gasteiger charge is 2.64. The summed E-state index contributed by atoms with van der Waals surface area (Å²) in [6.45, 7) is 0. The lowest BCUT2D eigenvalue weighted by Gasteiger charge is -2.39. The molecule has 11 unspecified atom stereocenters. The van der Waals surface area contributed by atoms with E-state index in [0.29, 0.717) is 17.8 Å². The van der Waals surface area contributed by atoms with Crippen molar-refractivity contribution >= 4 is 11.9 Å².